The molecule has 0 spiro atoms. The van der Waals surface area contributed by atoms with Gasteiger partial charge < -0.3 is 10.2 Å². The SMILES string of the molecule is CCC=CCC=CCC=CCC=CCC=CCCCC(=O)N1CC[C@H](NC(=O)c2ccccn2)C1. The molecule has 0 aliphatic carbocycles. The molecule has 1 atom stereocenters. The molecule has 2 heterocycles. The number of nitrogens with one attached hydrogen (secondary N) is 1. The predicted molar refractivity (Wildman–Crippen MR) is 145 cm³/mol. The van der Waals surface area contributed by atoms with Gasteiger partial charge in [-0.3, -0.25) is 14.6 Å². The number of hydrogen-bond acceptors (Lipinski definition) is 3. The van der Waals surface area contributed by atoms with Crippen molar-refractivity contribution in [2.75, 3.05) is 13.1 Å². The van der Waals surface area contributed by atoms with E-state index in [0.29, 0.717) is 25.2 Å². The number of likely N-dealkylation sites (tertiary alicyclic amines) is 1. The maximum atomic E-state index is 12.5. The molecule has 5 nitrogen and oxygen atoms in total. The summed E-state index contributed by atoms with van der Waals surface area (Å²) in [5.74, 6) is -0.00442. The van der Waals surface area contributed by atoms with Crippen LogP contribution in [-0.2, 0) is 4.79 Å². The maximum Gasteiger partial charge on any atom is 0.270 e. The molecule has 5 heteroatoms. The van der Waals surface area contributed by atoms with E-state index < -0.39 is 0 Å². The van der Waals surface area contributed by atoms with Crippen molar-refractivity contribution in [2.24, 2.45) is 0 Å². The third-order valence-corrected chi connectivity index (χ3v) is 5.69. The number of carbonyl (C=O) groups excluding carboxylic acids is 2. The largest absolute Gasteiger partial charge is 0.346 e. The van der Waals surface area contributed by atoms with E-state index in [0.717, 1.165) is 51.4 Å². The van der Waals surface area contributed by atoms with Crippen molar-refractivity contribution in [1.29, 1.82) is 0 Å². The first-order valence-corrected chi connectivity index (χ1v) is 12.9. The lowest BCUT2D eigenvalue weighted by molar-refractivity contribution is -0.130. The quantitative estimate of drug-likeness (QED) is 0.238. The number of rotatable bonds is 15. The minimum Gasteiger partial charge on any atom is -0.346 e. The molecule has 188 valence electrons. The van der Waals surface area contributed by atoms with Gasteiger partial charge in [0.1, 0.15) is 5.69 Å². The lowest BCUT2D eigenvalue weighted by Crippen LogP contribution is -2.38. The Morgan fingerprint density at radius 1 is 0.943 bits per heavy atom. The van der Waals surface area contributed by atoms with E-state index >= 15 is 0 Å². The molecule has 1 fully saturated rings. The zero-order valence-corrected chi connectivity index (χ0v) is 21.1. The first kappa shape index (κ1) is 28.0. The van der Waals surface area contributed by atoms with Crippen LogP contribution in [0.4, 0.5) is 0 Å². The molecule has 2 rings (SSSR count). The lowest BCUT2D eigenvalue weighted by Gasteiger charge is -2.17. The van der Waals surface area contributed by atoms with Gasteiger partial charge in [-0.2, -0.15) is 0 Å². The van der Waals surface area contributed by atoms with E-state index in [1.54, 1.807) is 24.4 Å². The number of pyridine rings is 1. The van der Waals surface area contributed by atoms with E-state index in [9.17, 15) is 9.59 Å². The Morgan fingerprint density at radius 2 is 1.57 bits per heavy atom. The average molecular weight is 476 g/mol. The number of carbonyl (C=O) groups is 2. The molecular formula is C30H41N3O2. The molecule has 0 aromatic carbocycles. The van der Waals surface area contributed by atoms with Crippen LogP contribution in [0.5, 0.6) is 0 Å². The summed E-state index contributed by atoms with van der Waals surface area (Å²) in [5.41, 5.74) is 0.411. The van der Waals surface area contributed by atoms with Gasteiger partial charge in [-0.25, -0.2) is 0 Å². The van der Waals surface area contributed by atoms with E-state index in [2.05, 4.69) is 78.0 Å². The zero-order valence-electron chi connectivity index (χ0n) is 21.1. The maximum absolute atomic E-state index is 12.5. The van der Waals surface area contributed by atoms with Crippen molar-refractivity contribution in [3.8, 4) is 0 Å². The van der Waals surface area contributed by atoms with Crippen molar-refractivity contribution in [1.82, 2.24) is 15.2 Å². The van der Waals surface area contributed by atoms with E-state index in [4.69, 9.17) is 0 Å². The topological polar surface area (TPSA) is 62.3 Å². The Morgan fingerprint density at radius 3 is 2.17 bits per heavy atom. The highest BCUT2D eigenvalue weighted by Crippen LogP contribution is 2.13. The fourth-order valence-electron chi connectivity index (χ4n) is 3.76. The van der Waals surface area contributed by atoms with E-state index in [1.807, 2.05) is 4.90 Å². The van der Waals surface area contributed by atoms with Crippen molar-refractivity contribution >= 4 is 11.8 Å². The molecule has 35 heavy (non-hydrogen) atoms. The van der Waals surface area contributed by atoms with Gasteiger partial charge in [0.15, 0.2) is 0 Å². The number of amides is 2. The normalized spacial score (nSPS) is 16.6. The first-order chi connectivity index (χ1) is 17.2. The van der Waals surface area contributed by atoms with Crippen molar-refractivity contribution < 1.29 is 9.59 Å². The summed E-state index contributed by atoms with van der Waals surface area (Å²) in [6, 6.07) is 5.27. The Labute approximate surface area is 211 Å². The number of aromatic nitrogens is 1. The molecule has 2 amide bonds. The molecule has 1 saturated heterocycles. The van der Waals surface area contributed by atoms with E-state index in [1.165, 1.54) is 0 Å². The number of unbranched alkanes of at least 4 members (excludes halogenated alkanes) is 1. The summed E-state index contributed by atoms with van der Waals surface area (Å²) in [7, 11) is 0. The van der Waals surface area contributed by atoms with Crippen LogP contribution < -0.4 is 5.32 Å². The van der Waals surface area contributed by atoms with Gasteiger partial charge in [0.25, 0.3) is 5.91 Å². The van der Waals surface area contributed by atoms with Crippen LogP contribution in [0.1, 0.15) is 75.2 Å². The second-order valence-corrected chi connectivity index (χ2v) is 8.61. The summed E-state index contributed by atoms with van der Waals surface area (Å²) in [6.07, 6.45) is 31.6. The highest BCUT2D eigenvalue weighted by Gasteiger charge is 2.27. The number of hydrogen-bond donors (Lipinski definition) is 1. The molecule has 0 saturated carbocycles. The van der Waals surface area contributed by atoms with Crippen LogP contribution in [0.2, 0.25) is 0 Å². The third-order valence-electron chi connectivity index (χ3n) is 5.69. The Balaban J connectivity index is 1.48. The fraction of sp³-hybridized carbons (Fsp3) is 0.433. The minimum atomic E-state index is -0.178. The molecule has 0 bridgehead atoms. The number of nitrogens with zero attached hydrogens (tertiary/aromatic N) is 2. The lowest BCUT2D eigenvalue weighted by atomic mass is 10.2. The second kappa shape index (κ2) is 18.2. The molecular weight excluding hydrogens is 434 g/mol. The van der Waals surface area contributed by atoms with Gasteiger partial charge in [-0.1, -0.05) is 73.8 Å². The summed E-state index contributed by atoms with van der Waals surface area (Å²) < 4.78 is 0. The average Bonchev–Trinajstić information content (AvgIpc) is 3.35. The Hall–Kier alpha value is -3.21. The monoisotopic (exact) mass is 475 g/mol. The van der Waals surface area contributed by atoms with Crippen LogP contribution in [0, 0.1) is 0 Å². The van der Waals surface area contributed by atoms with Crippen molar-refractivity contribution in [2.45, 2.75) is 70.8 Å². The van der Waals surface area contributed by atoms with Crippen molar-refractivity contribution in [3.63, 3.8) is 0 Å². The highest BCUT2D eigenvalue weighted by molar-refractivity contribution is 5.92. The zero-order chi connectivity index (χ0) is 25.0. The van der Waals surface area contributed by atoms with Crippen LogP contribution in [0.15, 0.2) is 85.2 Å². The van der Waals surface area contributed by atoms with Gasteiger partial charge in [0.05, 0.1) is 0 Å². The smallest absolute Gasteiger partial charge is 0.270 e. The summed E-state index contributed by atoms with van der Waals surface area (Å²) in [5, 5.41) is 2.98. The van der Waals surface area contributed by atoms with E-state index in [-0.39, 0.29) is 17.9 Å². The first-order valence-electron chi connectivity index (χ1n) is 12.9. The van der Waals surface area contributed by atoms with Gasteiger partial charge in [0, 0.05) is 31.7 Å². The van der Waals surface area contributed by atoms with Crippen molar-refractivity contribution in [3.05, 3.63) is 90.9 Å². The molecule has 1 aliphatic heterocycles. The van der Waals surface area contributed by atoms with Crippen LogP contribution in [0.3, 0.4) is 0 Å². The molecule has 1 aliphatic rings. The Bertz CT molecular complexity index is 884. The fourth-order valence-corrected chi connectivity index (χ4v) is 3.76. The minimum absolute atomic E-state index is 0.000533. The van der Waals surface area contributed by atoms with Gasteiger partial charge >= 0.3 is 0 Å². The summed E-state index contributed by atoms with van der Waals surface area (Å²) >= 11 is 0. The standard InChI is InChI=1S/C30H41N3O2/c1-2-3-4-5-6-7-8-9-10-11-12-13-14-15-16-17-18-22-29(34)33-25-23-27(26-33)32-30(35)28-21-19-20-24-31-28/h3-4,6-7,9-10,12-13,15-16,19-21,24,27H,2,5,8,11,14,17-18,22-23,25-26H2,1H3,(H,32,35)/t27-/m0/s1. The highest BCUT2D eigenvalue weighted by atomic mass is 16.2. The van der Waals surface area contributed by atoms with Crippen LogP contribution in [0.25, 0.3) is 0 Å². The number of allylic oxidation sites excluding steroid dienone is 10. The van der Waals surface area contributed by atoms with Gasteiger partial charge in [-0.05, 0) is 63.5 Å². The second-order valence-electron chi connectivity index (χ2n) is 8.61. The molecule has 0 radical (unpaired) electrons. The third kappa shape index (κ3) is 12.7. The summed E-state index contributed by atoms with van der Waals surface area (Å²) in [4.78, 5) is 30.6. The van der Waals surface area contributed by atoms with Gasteiger partial charge in [0.2, 0.25) is 5.91 Å². The van der Waals surface area contributed by atoms with Gasteiger partial charge in [-0.15, -0.1) is 0 Å². The van der Waals surface area contributed by atoms with Crippen LogP contribution >= 0.6 is 0 Å². The molecule has 1 N–H and O–H groups in total. The molecule has 1 aromatic rings. The molecule has 0 unspecified atom stereocenters. The predicted octanol–water partition coefficient (Wildman–Crippen LogP) is 6.33. The Kier molecular flexibility index (Phi) is 14.5. The molecule has 1 aromatic heterocycles. The van der Waals surface area contributed by atoms with Crippen LogP contribution in [-0.4, -0.2) is 40.8 Å². The summed E-state index contributed by atoms with van der Waals surface area (Å²) in [6.45, 7) is 3.43.